The van der Waals surface area contributed by atoms with Crippen molar-refractivity contribution in [1.82, 2.24) is 19.5 Å². The Morgan fingerprint density at radius 2 is 1.98 bits per heavy atom. The molecule has 44 heavy (non-hydrogen) atoms. The van der Waals surface area contributed by atoms with Gasteiger partial charge in [-0.1, -0.05) is 39.0 Å². The van der Waals surface area contributed by atoms with Crippen LogP contribution in [0.1, 0.15) is 41.5 Å². The maximum atomic E-state index is 16.6. The molecule has 0 radical (unpaired) electrons. The molecule has 2 aliphatic heterocycles. The number of carbonyl (C=O) groups excluding carboxylic acids is 1. The number of nitrogen functional groups attached to an aromatic ring is 1. The van der Waals surface area contributed by atoms with Crippen LogP contribution >= 0.6 is 7.75 Å². The Hall–Kier alpha value is -3.27. The number of rotatable bonds is 11. The van der Waals surface area contributed by atoms with Gasteiger partial charge in [-0.05, 0) is 31.4 Å². The van der Waals surface area contributed by atoms with Crippen LogP contribution in [0.15, 0.2) is 35.3 Å². The number of aliphatic hydroxyl groups is 1. The van der Waals surface area contributed by atoms with E-state index in [1.807, 2.05) is 20.8 Å². The molecule has 0 bridgehead atoms. The van der Waals surface area contributed by atoms with Gasteiger partial charge in [0.15, 0.2) is 0 Å². The third-order valence-electron chi connectivity index (χ3n) is 6.84. The van der Waals surface area contributed by atoms with E-state index >= 15 is 8.78 Å². The van der Waals surface area contributed by atoms with Crippen molar-refractivity contribution in [2.45, 2.75) is 65.3 Å². The fourth-order valence-electron chi connectivity index (χ4n) is 4.43. The molecule has 1 spiro atoms. The number of aliphatic hydroxyl groups excluding tert-OH is 1. The molecule has 2 aromatic rings. The van der Waals surface area contributed by atoms with Gasteiger partial charge in [0, 0.05) is 6.92 Å². The summed E-state index contributed by atoms with van der Waals surface area (Å²) in [6.07, 6.45) is -1.46. The Kier molecular flexibility index (Phi) is 9.37. The molecular formula is C27H38F2N6O8P+. The molecular weight excluding hydrogens is 605 g/mol. The average Bonchev–Trinajstić information content (AvgIpc) is 3.32. The van der Waals surface area contributed by atoms with Crippen molar-refractivity contribution < 1.29 is 46.5 Å². The first kappa shape index (κ1) is 33.6. The number of alkyl halides is 2. The summed E-state index contributed by atoms with van der Waals surface area (Å²) in [5.74, 6) is -7.24. The Bertz CT molecular complexity index is 1450. The summed E-state index contributed by atoms with van der Waals surface area (Å²) in [4.78, 5) is 24.8. The molecule has 1 aromatic carbocycles. The van der Waals surface area contributed by atoms with E-state index in [-0.39, 0.29) is 47.7 Å². The van der Waals surface area contributed by atoms with E-state index in [4.69, 9.17) is 29.0 Å². The number of ether oxygens (including phenoxy) is 3. The van der Waals surface area contributed by atoms with Gasteiger partial charge in [-0.3, -0.25) is 14.1 Å². The van der Waals surface area contributed by atoms with Crippen LogP contribution in [0.5, 0.6) is 11.6 Å². The summed E-state index contributed by atoms with van der Waals surface area (Å²) in [6.45, 7) is 7.79. The van der Waals surface area contributed by atoms with E-state index in [1.165, 1.54) is 19.1 Å². The van der Waals surface area contributed by atoms with Gasteiger partial charge < -0.3 is 24.8 Å². The minimum absolute atomic E-state index is 0.0211. The average molecular weight is 644 g/mol. The lowest BCUT2D eigenvalue weighted by atomic mass is 9.97. The molecule has 14 nitrogen and oxygen atoms in total. The summed E-state index contributed by atoms with van der Waals surface area (Å²) in [6, 6.07) is 6.53. The molecule has 1 aromatic heterocycles. The van der Waals surface area contributed by atoms with E-state index in [0.717, 1.165) is 13.3 Å². The van der Waals surface area contributed by atoms with E-state index in [9.17, 15) is 14.5 Å². The van der Waals surface area contributed by atoms with Crippen LogP contribution in [0.2, 0.25) is 0 Å². The van der Waals surface area contributed by atoms with Crippen molar-refractivity contribution in [3.05, 3.63) is 30.3 Å². The molecule has 1 saturated heterocycles. The monoisotopic (exact) mass is 643 g/mol. The lowest BCUT2D eigenvalue weighted by Crippen LogP contribution is -2.76. The van der Waals surface area contributed by atoms with Gasteiger partial charge in [-0.15, -0.1) is 0 Å². The summed E-state index contributed by atoms with van der Waals surface area (Å²) in [5, 5.41) is 13.5. The Morgan fingerprint density at radius 1 is 1.30 bits per heavy atom. The lowest BCUT2D eigenvalue weighted by Gasteiger charge is -2.49. The molecule has 1 fully saturated rings. The molecule has 17 heteroatoms. The standard InChI is InChI=1S/C27H38F2N6O8P/c1-7-39-21-19-20(32-24(30)33-21)35(15-31-19)16-41-27(29,23(37)26(35,6)28)14-42-44(38,43-18-11-9-8-10-12-18)34-17(2)22(36)40-13-25(3,4)5/h8-12,15,17,23,37H,7,13-14,16H2,1-6H3,(H,34,38)(H2,30,32,33)/q+1/t17?,23-,26?,27+,35?,44?/m0/s1. The molecule has 0 amide bonds. The number of fused-ring (bicyclic) bond motifs is 2. The number of quaternary nitrogens is 1. The molecule has 4 rings (SSSR count). The zero-order valence-corrected chi connectivity index (χ0v) is 26.2. The number of hydrogen-bond donors (Lipinski definition) is 3. The first-order valence-corrected chi connectivity index (χ1v) is 15.4. The first-order valence-electron chi connectivity index (χ1n) is 13.8. The molecule has 4 unspecified atom stereocenters. The minimum Gasteiger partial charge on any atom is -0.476 e. The summed E-state index contributed by atoms with van der Waals surface area (Å²) in [7, 11) is -4.59. The highest BCUT2D eigenvalue weighted by molar-refractivity contribution is 7.52. The highest BCUT2D eigenvalue weighted by Gasteiger charge is 2.70. The van der Waals surface area contributed by atoms with Crippen molar-refractivity contribution in [2.75, 3.05) is 32.3 Å². The van der Waals surface area contributed by atoms with Crippen LogP contribution in [-0.4, -0.2) is 77.7 Å². The predicted molar refractivity (Wildman–Crippen MR) is 157 cm³/mol. The van der Waals surface area contributed by atoms with Crippen LogP contribution in [0.4, 0.5) is 26.2 Å². The fourth-order valence-corrected chi connectivity index (χ4v) is 5.93. The highest BCUT2D eigenvalue weighted by Crippen LogP contribution is 2.53. The van der Waals surface area contributed by atoms with Crippen molar-refractivity contribution in [1.29, 1.82) is 0 Å². The van der Waals surface area contributed by atoms with Crippen LogP contribution < -0.4 is 24.6 Å². The topological polar surface area (TPSA) is 177 Å². The molecule has 2 aliphatic rings. The SMILES string of the molecule is CCOc1nc(N)nc2c1N=C[N+]21CO[C@](F)(COP(=O)(NC(C)C(=O)OCC(C)(C)C)Oc2ccccc2)[C@@H](O)C1(C)F. The third kappa shape index (κ3) is 6.70. The predicted octanol–water partition coefficient (Wildman–Crippen LogP) is 3.91. The number of nitrogens with zero attached hydrogens (tertiary/aromatic N) is 4. The van der Waals surface area contributed by atoms with Gasteiger partial charge in [0.2, 0.25) is 30.8 Å². The van der Waals surface area contributed by atoms with Crippen LogP contribution in [0.3, 0.4) is 0 Å². The zero-order valence-electron chi connectivity index (χ0n) is 25.3. The van der Waals surface area contributed by atoms with E-state index < -0.39 is 55.3 Å². The smallest absolute Gasteiger partial charge is 0.459 e. The van der Waals surface area contributed by atoms with Gasteiger partial charge in [-0.2, -0.15) is 28.9 Å². The number of para-hydroxylation sites is 1. The zero-order chi connectivity index (χ0) is 32.6. The lowest BCUT2D eigenvalue weighted by molar-refractivity contribution is -0.319. The number of nitrogens with two attached hydrogens (primary N) is 1. The maximum Gasteiger partial charge on any atom is 0.459 e. The van der Waals surface area contributed by atoms with Crippen LogP contribution in [0.25, 0.3) is 0 Å². The Morgan fingerprint density at radius 3 is 2.61 bits per heavy atom. The van der Waals surface area contributed by atoms with Crippen molar-refractivity contribution in [2.24, 2.45) is 10.4 Å². The van der Waals surface area contributed by atoms with Crippen molar-refractivity contribution >= 4 is 37.5 Å². The normalized spacial score (nSPS) is 28.2. The largest absolute Gasteiger partial charge is 0.476 e. The molecule has 242 valence electrons. The molecule has 0 aliphatic carbocycles. The first-order chi connectivity index (χ1) is 20.5. The van der Waals surface area contributed by atoms with Gasteiger partial charge >= 0.3 is 13.7 Å². The molecule has 3 heterocycles. The number of nitrogens with one attached hydrogen (secondary N) is 1. The second kappa shape index (κ2) is 12.3. The Balaban J connectivity index is 1.57. The van der Waals surface area contributed by atoms with Crippen LogP contribution in [0, 0.1) is 5.41 Å². The quantitative estimate of drug-likeness (QED) is 0.139. The van der Waals surface area contributed by atoms with E-state index in [2.05, 4.69) is 20.0 Å². The summed E-state index contributed by atoms with van der Waals surface area (Å²) >= 11 is 0. The van der Waals surface area contributed by atoms with Gasteiger partial charge in [-0.25, -0.2) is 8.96 Å². The Labute approximate surface area is 253 Å². The minimum atomic E-state index is -4.59. The number of aromatic nitrogens is 2. The summed E-state index contributed by atoms with van der Waals surface area (Å²) < 4.78 is 72.8. The second-order valence-corrected chi connectivity index (χ2v) is 13.5. The van der Waals surface area contributed by atoms with Crippen LogP contribution in [-0.2, 0) is 23.4 Å². The molecule has 4 N–H and O–H groups in total. The number of aliphatic imine (C=N–C) groups is 1. The molecule has 6 atom stereocenters. The van der Waals surface area contributed by atoms with Gasteiger partial charge in [0.05, 0.1) is 13.2 Å². The number of esters is 1. The highest BCUT2D eigenvalue weighted by atomic mass is 31.2. The van der Waals surface area contributed by atoms with Crippen molar-refractivity contribution in [3.63, 3.8) is 0 Å². The maximum absolute atomic E-state index is 16.6. The van der Waals surface area contributed by atoms with E-state index in [1.54, 1.807) is 25.1 Å². The van der Waals surface area contributed by atoms with Gasteiger partial charge in [0.1, 0.15) is 18.4 Å². The number of halogens is 2. The van der Waals surface area contributed by atoms with Gasteiger partial charge in [0.25, 0.3) is 23.3 Å². The fraction of sp³-hybridized carbons (Fsp3) is 0.556. The van der Waals surface area contributed by atoms with E-state index in [0.29, 0.717) is 0 Å². The number of hydrogen-bond acceptors (Lipinski definition) is 12. The molecule has 0 saturated carbocycles. The number of anilines is 1. The summed E-state index contributed by atoms with van der Waals surface area (Å²) in [5.41, 5.74) is 5.52. The third-order valence-corrected chi connectivity index (χ3v) is 8.47. The van der Waals surface area contributed by atoms with Crippen molar-refractivity contribution in [3.8, 4) is 11.6 Å². The number of benzene rings is 1. The number of carbonyl (C=O) groups is 1. The second-order valence-electron chi connectivity index (χ2n) is 11.8.